The number of hydrogen-bond acceptors (Lipinski definition) is 5. The van der Waals surface area contributed by atoms with Gasteiger partial charge in [0.25, 0.3) is 0 Å². The maximum absolute atomic E-state index is 11.2. The molecule has 27 heavy (non-hydrogen) atoms. The highest BCUT2D eigenvalue weighted by molar-refractivity contribution is 6.33. The lowest BCUT2D eigenvalue weighted by Crippen LogP contribution is -2.18. The first-order valence-electron chi connectivity index (χ1n) is 8.61. The Balaban J connectivity index is 1.95. The van der Waals surface area contributed by atoms with Crippen LogP contribution in [0.3, 0.4) is 0 Å². The molecule has 0 atom stereocenters. The van der Waals surface area contributed by atoms with Crippen molar-refractivity contribution in [3.63, 3.8) is 0 Å². The molecule has 1 aliphatic rings. The third kappa shape index (κ3) is 4.17. The zero-order chi connectivity index (χ0) is 19.4. The molecule has 6 nitrogen and oxygen atoms in total. The highest BCUT2D eigenvalue weighted by Crippen LogP contribution is 2.36. The molecule has 3 rings (SSSR count). The van der Waals surface area contributed by atoms with Crippen LogP contribution in [0.15, 0.2) is 35.3 Å². The predicted octanol–water partition coefficient (Wildman–Crippen LogP) is 4.41. The summed E-state index contributed by atoms with van der Waals surface area (Å²) in [5, 5.41) is 9.36. The van der Waals surface area contributed by atoms with Crippen LogP contribution in [0.2, 0.25) is 5.02 Å². The number of benzene rings is 2. The molecule has 0 unspecified atom stereocenters. The monoisotopic (exact) mass is 388 g/mol. The van der Waals surface area contributed by atoms with Gasteiger partial charge in [-0.2, -0.15) is 0 Å². The molecule has 1 N–H and O–H groups in total. The fourth-order valence-corrected chi connectivity index (χ4v) is 3.31. The number of anilines is 1. The van der Waals surface area contributed by atoms with Gasteiger partial charge in [0.05, 0.1) is 36.2 Å². The van der Waals surface area contributed by atoms with Crippen molar-refractivity contribution < 1.29 is 19.4 Å². The van der Waals surface area contributed by atoms with Gasteiger partial charge in [-0.25, -0.2) is 4.79 Å². The van der Waals surface area contributed by atoms with E-state index in [4.69, 9.17) is 21.1 Å². The Kier molecular flexibility index (Phi) is 5.86. The number of halogens is 1. The molecule has 0 aromatic heterocycles. The Hall–Kier alpha value is -2.73. The summed E-state index contributed by atoms with van der Waals surface area (Å²) in [4.78, 5) is 17.9. The van der Waals surface area contributed by atoms with Crippen LogP contribution in [0.1, 0.15) is 28.8 Å². The maximum atomic E-state index is 11.2. The second kappa shape index (κ2) is 8.31. The van der Waals surface area contributed by atoms with Crippen molar-refractivity contribution in [1.29, 1.82) is 0 Å². The van der Waals surface area contributed by atoms with Gasteiger partial charge in [-0.1, -0.05) is 11.6 Å². The summed E-state index contributed by atoms with van der Waals surface area (Å²) in [6.07, 6.45) is 3.96. The Morgan fingerprint density at radius 1 is 1.15 bits per heavy atom. The Bertz CT molecular complexity index is 877. The average Bonchev–Trinajstić information content (AvgIpc) is 3.21. The van der Waals surface area contributed by atoms with Crippen molar-refractivity contribution in [3.05, 3.63) is 46.5 Å². The molecule has 0 bridgehead atoms. The van der Waals surface area contributed by atoms with Gasteiger partial charge in [0, 0.05) is 30.9 Å². The number of aliphatic imine (C=N–C) groups is 1. The first-order chi connectivity index (χ1) is 13.0. The predicted molar refractivity (Wildman–Crippen MR) is 107 cm³/mol. The standard InChI is InChI=1S/C20H21ClN2O4/c1-26-18-11-17(23-7-3-4-8-23)19(27-2)9-13(18)12-22-14-5-6-16(21)15(10-14)20(24)25/h5-6,9-12H,3-4,7-8H2,1-2H3,(H,24,25). The van der Waals surface area contributed by atoms with Crippen molar-refractivity contribution in [2.75, 3.05) is 32.2 Å². The lowest BCUT2D eigenvalue weighted by atomic mass is 10.1. The minimum atomic E-state index is -1.09. The van der Waals surface area contributed by atoms with E-state index in [2.05, 4.69) is 9.89 Å². The number of ether oxygens (including phenoxy) is 2. The summed E-state index contributed by atoms with van der Waals surface area (Å²) in [7, 11) is 3.25. The van der Waals surface area contributed by atoms with Crippen LogP contribution in [0, 0.1) is 0 Å². The molecule has 0 spiro atoms. The first-order valence-corrected chi connectivity index (χ1v) is 8.99. The normalized spacial score (nSPS) is 14.0. The largest absolute Gasteiger partial charge is 0.496 e. The molecule has 1 fully saturated rings. The number of methoxy groups -OCH3 is 2. The van der Waals surface area contributed by atoms with E-state index in [1.165, 1.54) is 12.1 Å². The number of carboxylic acids is 1. The van der Waals surface area contributed by atoms with Crippen LogP contribution in [0.4, 0.5) is 11.4 Å². The van der Waals surface area contributed by atoms with Gasteiger partial charge in [-0.15, -0.1) is 0 Å². The fraction of sp³-hybridized carbons (Fsp3) is 0.300. The van der Waals surface area contributed by atoms with Crippen LogP contribution < -0.4 is 14.4 Å². The van der Waals surface area contributed by atoms with Crippen LogP contribution in [-0.2, 0) is 0 Å². The number of nitrogens with zero attached hydrogens (tertiary/aromatic N) is 2. The SMILES string of the molecule is COc1cc(N2CCCC2)c(OC)cc1C=Nc1ccc(Cl)c(C(=O)O)c1. The quantitative estimate of drug-likeness (QED) is 0.742. The van der Waals surface area contributed by atoms with E-state index in [-0.39, 0.29) is 10.6 Å². The topological polar surface area (TPSA) is 71.4 Å². The number of carbonyl (C=O) groups is 1. The average molecular weight is 389 g/mol. The molecule has 0 radical (unpaired) electrons. The van der Waals surface area contributed by atoms with Gasteiger partial charge in [0.2, 0.25) is 0 Å². The third-order valence-electron chi connectivity index (χ3n) is 4.51. The van der Waals surface area contributed by atoms with Crippen molar-refractivity contribution in [2.24, 2.45) is 4.99 Å². The molecule has 0 aliphatic carbocycles. The lowest BCUT2D eigenvalue weighted by molar-refractivity contribution is 0.0697. The third-order valence-corrected chi connectivity index (χ3v) is 4.84. The molecule has 7 heteroatoms. The van der Waals surface area contributed by atoms with Crippen molar-refractivity contribution in [2.45, 2.75) is 12.8 Å². The van der Waals surface area contributed by atoms with Gasteiger partial charge >= 0.3 is 5.97 Å². The molecule has 0 saturated carbocycles. The van der Waals surface area contributed by atoms with Gasteiger partial charge in [0.15, 0.2) is 0 Å². The van der Waals surface area contributed by atoms with E-state index in [1.54, 1.807) is 26.5 Å². The van der Waals surface area contributed by atoms with E-state index in [0.29, 0.717) is 11.4 Å². The smallest absolute Gasteiger partial charge is 0.337 e. The highest BCUT2D eigenvalue weighted by Gasteiger charge is 2.19. The van der Waals surface area contributed by atoms with E-state index in [9.17, 15) is 9.90 Å². The molecule has 2 aromatic rings. The van der Waals surface area contributed by atoms with Crippen LogP contribution >= 0.6 is 11.6 Å². The molecule has 142 valence electrons. The fourth-order valence-electron chi connectivity index (χ4n) is 3.11. The van der Waals surface area contributed by atoms with E-state index < -0.39 is 5.97 Å². The molecule has 1 aliphatic heterocycles. The molecule has 0 amide bonds. The van der Waals surface area contributed by atoms with Crippen LogP contribution in [-0.4, -0.2) is 44.6 Å². The number of hydrogen-bond donors (Lipinski definition) is 1. The molecular weight excluding hydrogens is 368 g/mol. The maximum Gasteiger partial charge on any atom is 0.337 e. The number of carboxylic acid groups (broad SMARTS) is 1. The second-order valence-electron chi connectivity index (χ2n) is 6.19. The summed E-state index contributed by atoms with van der Waals surface area (Å²) in [6.45, 7) is 1.99. The second-order valence-corrected chi connectivity index (χ2v) is 6.59. The Morgan fingerprint density at radius 2 is 1.85 bits per heavy atom. The van der Waals surface area contributed by atoms with Crippen LogP contribution in [0.5, 0.6) is 11.5 Å². The molecule has 1 heterocycles. The van der Waals surface area contributed by atoms with E-state index in [0.717, 1.165) is 42.9 Å². The summed E-state index contributed by atoms with van der Waals surface area (Å²) >= 11 is 5.90. The molecular formula is C20H21ClN2O4. The van der Waals surface area contributed by atoms with Gasteiger partial charge in [0.1, 0.15) is 11.5 Å². The van der Waals surface area contributed by atoms with Crippen LogP contribution in [0.25, 0.3) is 0 Å². The summed E-state index contributed by atoms with van der Waals surface area (Å²) in [6, 6.07) is 8.45. The number of rotatable bonds is 6. The summed E-state index contributed by atoms with van der Waals surface area (Å²) in [5.41, 5.74) is 2.24. The Morgan fingerprint density at radius 3 is 2.48 bits per heavy atom. The summed E-state index contributed by atoms with van der Waals surface area (Å²) < 4.78 is 11.1. The minimum Gasteiger partial charge on any atom is -0.496 e. The zero-order valence-corrected chi connectivity index (χ0v) is 16.0. The van der Waals surface area contributed by atoms with E-state index in [1.807, 2.05) is 12.1 Å². The highest BCUT2D eigenvalue weighted by atomic mass is 35.5. The zero-order valence-electron chi connectivity index (χ0n) is 15.2. The molecule has 1 saturated heterocycles. The van der Waals surface area contributed by atoms with E-state index >= 15 is 0 Å². The van der Waals surface area contributed by atoms with Gasteiger partial charge in [-0.3, -0.25) is 4.99 Å². The summed E-state index contributed by atoms with van der Waals surface area (Å²) in [5.74, 6) is 0.335. The van der Waals surface area contributed by atoms with Crippen molar-refractivity contribution in [1.82, 2.24) is 0 Å². The first kappa shape index (κ1) is 19.0. The molecule has 2 aromatic carbocycles. The van der Waals surface area contributed by atoms with Crippen molar-refractivity contribution >= 4 is 35.2 Å². The lowest BCUT2D eigenvalue weighted by Gasteiger charge is -2.22. The minimum absolute atomic E-state index is 0.0141. The van der Waals surface area contributed by atoms with Gasteiger partial charge in [-0.05, 0) is 37.1 Å². The Labute approximate surface area is 163 Å². The van der Waals surface area contributed by atoms with Gasteiger partial charge < -0.3 is 19.5 Å². The number of aromatic carboxylic acids is 1. The van der Waals surface area contributed by atoms with Crippen molar-refractivity contribution in [3.8, 4) is 11.5 Å².